The van der Waals surface area contributed by atoms with Gasteiger partial charge in [-0.15, -0.1) is 0 Å². The molecular weight excluding hydrogens is 539 g/mol. The summed E-state index contributed by atoms with van der Waals surface area (Å²) in [6.45, 7) is 12.1. The van der Waals surface area contributed by atoms with Crippen molar-refractivity contribution in [1.82, 2.24) is 19.6 Å². The number of carbonyl (C=O) groups is 1. The highest BCUT2D eigenvalue weighted by molar-refractivity contribution is 5.74. The standard InChI is InChI=1S/C36H49FN4O2/c1-6-41-33(22-30(38-41)19-25-11-8-7-9-12-25)26-15-17-40(18-16-26)24-28-21-31(39(5)34(35(42)43)36(2,3)4)23-32(28)27-13-10-14-29(37)20-27/h7-14,20,22,26,28,31-32,34H,6,15-19,21,23-24H2,1-5H3,(H,42,43)/t28-,31+,32-,34+/m1/s1. The molecule has 1 aromatic heterocycles. The van der Waals surface area contributed by atoms with Crippen LogP contribution in [0.15, 0.2) is 60.7 Å². The van der Waals surface area contributed by atoms with Crippen molar-refractivity contribution in [3.8, 4) is 0 Å². The number of rotatable bonds is 10. The fourth-order valence-electron chi connectivity index (χ4n) is 7.84. The number of likely N-dealkylation sites (N-methyl/N-ethyl adjacent to an activating group) is 1. The van der Waals surface area contributed by atoms with Crippen LogP contribution in [0, 0.1) is 17.2 Å². The number of hydrogen-bond acceptors (Lipinski definition) is 4. The first-order valence-electron chi connectivity index (χ1n) is 16.1. The third-order valence-corrected chi connectivity index (χ3v) is 9.87. The Morgan fingerprint density at radius 3 is 2.42 bits per heavy atom. The molecule has 4 atom stereocenters. The summed E-state index contributed by atoms with van der Waals surface area (Å²) in [6, 6.07) is 19.5. The van der Waals surface area contributed by atoms with Gasteiger partial charge in [0.15, 0.2) is 0 Å². The van der Waals surface area contributed by atoms with Crippen LogP contribution in [0.4, 0.5) is 4.39 Å². The van der Waals surface area contributed by atoms with Gasteiger partial charge in [-0.2, -0.15) is 5.10 Å². The molecule has 2 heterocycles. The predicted molar refractivity (Wildman–Crippen MR) is 170 cm³/mol. The third-order valence-electron chi connectivity index (χ3n) is 9.87. The van der Waals surface area contributed by atoms with E-state index in [1.54, 1.807) is 6.07 Å². The number of likely N-dealkylation sites (tertiary alicyclic amines) is 1. The molecule has 2 fully saturated rings. The number of aliphatic carboxylic acids is 1. The van der Waals surface area contributed by atoms with Crippen LogP contribution in [0.2, 0.25) is 0 Å². The number of piperidine rings is 1. The number of halogens is 1. The molecule has 1 saturated carbocycles. The van der Waals surface area contributed by atoms with E-state index in [0.29, 0.717) is 11.8 Å². The summed E-state index contributed by atoms with van der Waals surface area (Å²) >= 11 is 0. The quantitative estimate of drug-likeness (QED) is 0.282. The smallest absolute Gasteiger partial charge is 0.321 e. The molecule has 2 aliphatic rings. The van der Waals surface area contributed by atoms with Gasteiger partial charge >= 0.3 is 5.97 Å². The monoisotopic (exact) mass is 588 g/mol. The molecule has 1 aliphatic heterocycles. The van der Waals surface area contributed by atoms with Crippen molar-refractivity contribution in [2.45, 2.75) is 90.3 Å². The lowest BCUT2D eigenvalue weighted by atomic mass is 9.85. The predicted octanol–water partition coefficient (Wildman–Crippen LogP) is 6.81. The summed E-state index contributed by atoms with van der Waals surface area (Å²) in [5.74, 6) is 0.0706. The zero-order valence-electron chi connectivity index (χ0n) is 26.5. The fourth-order valence-corrected chi connectivity index (χ4v) is 7.84. The molecule has 7 heteroatoms. The van der Waals surface area contributed by atoms with E-state index in [0.717, 1.165) is 69.5 Å². The maximum Gasteiger partial charge on any atom is 0.321 e. The Morgan fingerprint density at radius 2 is 1.79 bits per heavy atom. The van der Waals surface area contributed by atoms with Crippen molar-refractivity contribution in [1.29, 1.82) is 0 Å². The van der Waals surface area contributed by atoms with Gasteiger partial charge in [-0.3, -0.25) is 14.4 Å². The molecule has 0 radical (unpaired) electrons. The molecule has 6 nitrogen and oxygen atoms in total. The van der Waals surface area contributed by atoms with E-state index in [9.17, 15) is 14.3 Å². The third kappa shape index (κ3) is 7.38. The second-order valence-electron chi connectivity index (χ2n) is 13.9. The molecule has 232 valence electrons. The number of carboxylic acid groups (broad SMARTS) is 1. The van der Waals surface area contributed by atoms with Crippen LogP contribution in [0.1, 0.15) is 87.7 Å². The van der Waals surface area contributed by atoms with Crippen molar-refractivity contribution in [3.63, 3.8) is 0 Å². The number of nitrogens with zero attached hydrogens (tertiary/aromatic N) is 4. The SMILES string of the molecule is CCn1nc(Cc2ccccc2)cc1C1CCN(C[C@H]2C[C@H](N(C)[C@@H](C(=O)O)C(C)(C)C)C[C@@H]2c2cccc(F)c2)CC1. The van der Waals surface area contributed by atoms with Crippen molar-refractivity contribution in [2.24, 2.45) is 11.3 Å². The van der Waals surface area contributed by atoms with Crippen LogP contribution in [0.5, 0.6) is 0 Å². The Bertz CT molecular complexity index is 1360. The highest BCUT2D eigenvalue weighted by Gasteiger charge is 2.44. The molecule has 5 rings (SSSR count). The maximum absolute atomic E-state index is 14.3. The first-order chi connectivity index (χ1) is 20.5. The van der Waals surface area contributed by atoms with E-state index < -0.39 is 12.0 Å². The number of aryl methyl sites for hydroxylation is 1. The van der Waals surface area contributed by atoms with E-state index in [-0.39, 0.29) is 23.2 Å². The van der Waals surface area contributed by atoms with Crippen LogP contribution in [-0.2, 0) is 17.8 Å². The molecule has 1 saturated heterocycles. The van der Waals surface area contributed by atoms with E-state index in [1.807, 2.05) is 40.0 Å². The number of hydrogen-bond donors (Lipinski definition) is 1. The zero-order chi connectivity index (χ0) is 30.7. The molecule has 1 N–H and O–H groups in total. The van der Waals surface area contributed by atoms with Gasteiger partial charge in [-0.1, -0.05) is 63.2 Å². The second-order valence-corrected chi connectivity index (χ2v) is 13.9. The lowest BCUT2D eigenvalue weighted by Crippen LogP contribution is -2.51. The minimum absolute atomic E-state index is 0.137. The summed E-state index contributed by atoms with van der Waals surface area (Å²) < 4.78 is 16.5. The highest BCUT2D eigenvalue weighted by Crippen LogP contribution is 2.44. The van der Waals surface area contributed by atoms with Gasteiger partial charge in [0.1, 0.15) is 11.9 Å². The molecule has 0 amide bonds. The van der Waals surface area contributed by atoms with Gasteiger partial charge in [0.2, 0.25) is 0 Å². The van der Waals surface area contributed by atoms with Crippen molar-refractivity contribution < 1.29 is 14.3 Å². The van der Waals surface area contributed by atoms with Gasteiger partial charge in [-0.25, -0.2) is 4.39 Å². The van der Waals surface area contributed by atoms with Crippen LogP contribution in [-0.4, -0.2) is 69.4 Å². The summed E-state index contributed by atoms with van der Waals surface area (Å²) in [4.78, 5) is 17.0. The average molecular weight is 589 g/mol. The molecule has 3 aromatic rings. The minimum Gasteiger partial charge on any atom is -0.480 e. The topological polar surface area (TPSA) is 61.6 Å². The van der Waals surface area contributed by atoms with Gasteiger partial charge in [0, 0.05) is 37.2 Å². The van der Waals surface area contributed by atoms with E-state index >= 15 is 0 Å². The Balaban J connectivity index is 1.27. The van der Waals surface area contributed by atoms with Crippen molar-refractivity contribution in [2.75, 3.05) is 26.7 Å². The maximum atomic E-state index is 14.3. The van der Waals surface area contributed by atoms with Crippen LogP contribution in [0.25, 0.3) is 0 Å². The van der Waals surface area contributed by atoms with Crippen LogP contribution < -0.4 is 0 Å². The number of aromatic nitrogens is 2. The summed E-state index contributed by atoms with van der Waals surface area (Å²) in [7, 11) is 1.97. The van der Waals surface area contributed by atoms with Gasteiger partial charge < -0.3 is 10.0 Å². The van der Waals surface area contributed by atoms with E-state index in [4.69, 9.17) is 5.10 Å². The Hall–Kier alpha value is -3.03. The largest absolute Gasteiger partial charge is 0.480 e. The van der Waals surface area contributed by atoms with Crippen molar-refractivity contribution in [3.05, 3.63) is 89.0 Å². The van der Waals surface area contributed by atoms with Crippen LogP contribution in [0.3, 0.4) is 0 Å². The zero-order valence-corrected chi connectivity index (χ0v) is 26.5. The van der Waals surface area contributed by atoms with Crippen LogP contribution >= 0.6 is 0 Å². The number of benzene rings is 2. The summed E-state index contributed by atoms with van der Waals surface area (Å²) in [5.41, 5.74) is 4.43. The first-order valence-corrected chi connectivity index (χ1v) is 16.1. The lowest BCUT2D eigenvalue weighted by Gasteiger charge is -2.38. The van der Waals surface area contributed by atoms with E-state index in [2.05, 4.69) is 57.8 Å². The van der Waals surface area contributed by atoms with Gasteiger partial charge in [0.05, 0.1) is 5.69 Å². The molecule has 43 heavy (non-hydrogen) atoms. The Morgan fingerprint density at radius 1 is 1.07 bits per heavy atom. The molecule has 0 bridgehead atoms. The van der Waals surface area contributed by atoms with Crippen molar-refractivity contribution >= 4 is 5.97 Å². The minimum atomic E-state index is -0.777. The Labute approximate surface area is 256 Å². The summed E-state index contributed by atoms with van der Waals surface area (Å²) in [6.07, 6.45) is 4.82. The molecule has 0 spiro atoms. The van der Waals surface area contributed by atoms with Gasteiger partial charge in [0.25, 0.3) is 0 Å². The molecule has 1 aliphatic carbocycles. The summed E-state index contributed by atoms with van der Waals surface area (Å²) in [5, 5.41) is 15.1. The second kappa shape index (κ2) is 13.3. The average Bonchev–Trinajstić information content (AvgIpc) is 3.57. The normalized spacial score (nSPS) is 22.7. The lowest BCUT2D eigenvalue weighted by molar-refractivity contribution is -0.148. The fraction of sp³-hybridized carbons (Fsp3) is 0.556. The van der Waals surface area contributed by atoms with E-state index in [1.165, 1.54) is 17.3 Å². The molecular formula is C36H49FN4O2. The molecule has 2 aromatic carbocycles. The highest BCUT2D eigenvalue weighted by atomic mass is 19.1. The Kier molecular flexibility index (Phi) is 9.72. The van der Waals surface area contributed by atoms with Gasteiger partial charge in [-0.05, 0) is 99.3 Å². The molecule has 0 unspecified atom stereocenters. The first kappa shape index (κ1) is 31.4. The number of carboxylic acids is 1.